The SMILES string of the molecule is CC(C)N(CC(=O)O)C(=O)Cc1cncn1Cc1ccccc1. The van der Waals surface area contributed by atoms with E-state index < -0.39 is 5.97 Å². The average molecular weight is 315 g/mol. The average Bonchev–Trinajstić information content (AvgIpc) is 2.92. The Morgan fingerprint density at radius 2 is 1.96 bits per heavy atom. The summed E-state index contributed by atoms with van der Waals surface area (Å²) in [6.45, 7) is 3.96. The van der Waals surface area contributed by atoms with Gasteiger partial charge in [0.25, 0.3) is 0 Å². The van der Waals surface area contributed by atoms with Crippen LogP contribution < -0.4 is 0 Å². The minimum Gasteiger partial charge on any atom is -0.480 e. The van der Waals surface area contributed by atoms with Crippen LogP contribution >= 0.6 is 0 Å². The Labute approximate surface area is 135 Å². The number of aliphatic carboxylic acids is 1. The minimum atomic E-state index is -1.01. The molecule has 0 aliphatic heterocycles. The highest BCUT2D eigenvalue weighted by molar-refractivity contribution is 5.83. The molecule has 0 saturated heterocycles. The Morgan fingerprint density at radius 3 is 2.57 bits per heavy atom. The summed E-state index contributed by atoms with van der Waals surface area (Å²) >= 11 is 0. The largest absolute Gasteiger partial charge is 0.480 e. The number of carbonyl (C=O) groups is 2. The molecule has 23 heavy (non-hydrogen) atoms. The molecular weight excluding hydrogens is 294 g/mol. The number of hydrogen-bond donors (Lipinski definition) is 1. The number of amides is 1. The molecule has 6 heteroatoms. The smallest absolute Gasteiger partial charge is 0.323 e. The molecule has 0 aliphatic carbocycles. The van der Waals surface area contributed by atoms with Crippen molar-refractivity contribution in [1.29, 1.82) is 0 Å². The van der Waals surface area contributed by atoms with Crippen LogP contribution in [0.15, 0.2) is 42.9 Å². The van der Waals surface area contributed by atoms with Crippen molar-refractivity contribution >= 4 is 11.9 Å². The maximum atomic E-state index is 12.4. The zero-order valence-electron chi connectivity index (χ0n) is 13.3. The first-order chi connectivity index (χ1) is 11.0. The fraction of sp³-hybridized carbons (Fsp3) is 0.353. The van der Waals surface area contributed by atoms with E-state index in [1.165, 1.54) is 4.90 Å². The van der Waals surface area contributed by atoms with Gasteiger partial charge in [-0.1, -0.05) is 30.3 Å². The second kappa shape index (κ2) is 7.58. The molecule has 0 atom stereocenters. The molecule has 122 valence electrons. The van der Waals surface area contributed by atoms with E-state index in [1.54, 1.807) is 12.5 Å². The highest BCUT2D eigenvalue weighted by Crippen LogP contribution is 2.09. The third-order valence-corrected chi connectivity index (χ3v) is 3.58. The number of imidazole rings is 1. The highest BCUT2D eigenvalue weighted by Gasteiger charge is 2.21. The summed E-state index contributed by atoms with van der Waals surface area (Å²) in [5.41, 5.74) is 1.89. The van der Waals surface area contributed by atoms with Gasteiger partial charge in [0.2, 0.25) is 5.91 Å². The van der Waals surface area contributed by atoms with Crippen molar-refractivity contribution in [3.63, 3.8) is 0 Å². The van der Waals surface area contributed by atoms with Gasteiger partial charge in [-0.2, -0.15) is 0 Å². The van der Waals surface area contributed by atoms with Gasteiger partial charge in [0.1, 0.15) is 6.54 Å². The number of rotatable bonds is 7. The van der Waals surface area contributed by atoms with Crippen molar-refractivity contribution in [2.45, 2.75) is 32.9 Å². The fourth-order valence-corrected chi connectivity index (χ4v) is 2.38. The van der Waals surface area contributed by atoms with E-state index in [0.29, 0.717) is 6.54 Å². The number of nitrogens with zero attached hydrogens (tertiary/aromatic N) is 3. The van der Waals surface area contributed by atoms with Crippen LogP contribution in [0.4, 0.5) is 0 Å². The summed E-state index contributed by atoms with van der Waals surface area (Å²) < 4.78 is 1.91. The summed E-state index contributed by atoms with van der Waals surface area (Å²) in [5, 5.41) is 8.95. The van der Waals surface area contributed by atoms with Crippen molar-refractivity contribution in [1.82, 2.24) is 14.5 Å². The maximum absolute atomic E-state index is 12.4. The Morgan fingerprint density at radius 1 is 1.26 bits per heavy atom. The van der Waals surface area contributed by atoms with E-state index >= 15 is 0 Å². The van der Waals surface area contributed by atoms with Gasteiger partial charge in [-0.05, 0) is 19.4 Å². The van der Waals surface area contributed by atoms with Crippen LogP contribution in [0.3, 0.4) is 0 Å². The lowest BCUT2D eigenvalue weighted by Crippen LogP contribution is -2.41. The van der Waals surface area contributed by atoms with Gasteiger partial charge in [-0.15, -0.1) is 0 Å². The van der Waals surface area contributed by atoms with Crippen LogP contribution in [-0.4, -0.2) is 44.0 Å². The quantitative estimate of drug-likeness (QED) is 0.845. The molecule has 0 bridgehead atoms. The lowest BCUT2D eigenvalue weighted by Gasteiger charge is -2.25. The Hall–Kier alpha value is -2.63. The van der Waals surface area contributed by atoms with Gasteiger partial charge in [0, 0.05) is 24.5 Å². The predicted octanol–water partition coefficient (Wildman–Crippen LogP) is 1.80. The van der Waals surface area contributed by atoms with E-state index in [0.717, 1.165) is 11.3 Å². The summed E-state index contributed by atoms with van der Waals surface area (Å²) in [5.74, 6) is -1.22. The van der Waals surface area contributed by atoms with E-state index in [-0.39, 0.29) is 24.9 Å². The maximum Gasteiger partial charge on any atom is 0.323 e. The Balaban J connectivity index is 2.09. The lowest BCUT2D eigenvalue weighted by atomic mass is 10.2. The molecule has 0 unspecified atom stereocenters. The first-order valence-electron chi connectivity index (χ1n) is 7.51. The fourth-order valence-electron chi connectivity index (χ4n) is 2.38. The third-order valence-electron chi connectivity index (χ3n) is 3.58. The molecule has 1 aromatic heterocycles. The summed E-state index contributed by atoms with van der Waals surface area (Å²) in [6, 6.07) is 9.74. The normalized spacial score (nSPS) is 10.7. The summed E-state index contributed by atoms with van der Waals surface area (Å²) in [6.07, 6.45) is 3.48. The number of carboxylic acids is 1. The molecule has 0 saturated carbocycles. The van der Waals surface area contributed by atoms with E-state index in [2.05, 4.69) is 4.98 Å². The van der Waals surface area contributed by atoms with Crippen molar-refractivity contribution in [3.05, 3.63) is 54.1 Å². The monoisotopic (exact) mass is 315 g/mol. The van der Waals surface area contributed by atoms with Crippen LogP contribution in [0.25, 0.3) is 0 Å². The second-order valence-corrected chi connectivity index (χ2v) is 5.68. The van der Waals surface area contributed by atoms with Crippen LogP contribution in [0.5, 0.6) is 0 Å². The Bertz CT molecular complexity index is 665. The van der Waals surface area contributed by atoms with Crippen molar-refractivity contribution in [2.75, 3.05) is 6.54 Å². The van der Waals surface area contributed by atoms with Gasteiger partial charge >= 0.3 is 5.97 Å². The first-order valence-corrected chi connectivity index (χ1v) is 7.51. The number of hydrogen-bond acceptors (Lipinski definition) is 3. The van der Waals surface area contributed by atoms with Gasteiger partial charge in [-0.25, -0.2) is 4.98 Å². The molecule has 1 aromatic carbocycles. The van der Waals surface area contributed by atoms with Crippen molar-refractivity contribution in [2.24, 2.45) is 0 Å². The molecule has 0 radical (unpaired) electrons. The number of carboxylic acid groups (broad SMARTS) is 1. The molecular formula is C17H21N3O3. The summed E-state index contributed by atoms with van der Waals surface area (Å²) in [4.78, 5) is 28.8. The Kier molecular flexibility index (Phi) is 5.51. The molecule has 6 nitrogen and oxygen atoms in total. The van der Waals surface area contributed by atoms with Crippen molar-refractivity contribution in [3.8, 4) is 0 Å². The highest BCUT2D eigenvalue weighted by atomic mass is 16.4. The molecule has 0 aliphatic rings. The third kappa shape index (κ3) is 4.67. The molecule has 1 amide bonds. The van der Waals surface area contributed by atoms with Crippen molar-refractivity contribution < 1.29 is 14.7 Å². The predicted molar refractivity (Wildman–Crippen MR) is 86.0 cm³/mol. The van der Waals surface area contributed by atoms with Crippen LogP contribution in [0.1, 0.15) is 25.1 Å². The molecule has 0 spiro atoms. The van der Waals surface area contributed by atoms with Gasteiger partial charge in [-0.3, -0.25) is 9.59 Å². The number of carbonyl (C=O) groups excluding carboxylic acids is 1. The van der Waals surface area contributed by atoms with Crippen LogP contribution in [-0.2, 0) is 22.6 Å². The standard InChI is InChI=1S/C17H21N3O3/c1-13(2)20(11-17(22)23)16(21)8-15-9-18-12-19(15)10-14-6-4-3-5-7-14/h3-7,9,12-13H,8,10-11H2,1-2H3,(H,22,23). The lowest BCUT2D eigenvalue weighted by molar-refractivity contribution is -0.145. The van der Waals surface area contributed by atoms with E-state index in [1.807, 2.05) is 48.7 Å². The minimum absolute atomic E-state index is 0.137. The summed E-state index contributed by atoms with van der Waals surface area (Å²) in [7, 11) is 0. The van der Waals surface area contributed by atoms with Gasteiger partial charge in [0.15, 0.2) is 0 Å². The second-order valence-electron chi connectivity index (χ2n) is 5.68. The zero-order valence-corrected chi connectivity index (χ0v) is 13.3. The number of aromatic nitrogens is 2. The topological polar surface area (TPSA) is 75.4 Å². The van der Waals surface area contributed by atoms with E-state index in [9.17, 15) is 9.59 Å². The van der Waals surface area contributed by atoms with Crippen LogP contribution in [0.2, 0.25) is 0 Å². The van der Waals surface area contributed by atoms with Crippen LogP contribution in [0, 0.1) is 0 Å². The molecule has 1 N–H and O–H groups in total. The number of benzene rings is 1. The van der Waals surface area contributed by atoms with Gasteiger partial charge < -0.3 is 14.6 Å². The first kappa shape index (κ1) is 16.7. The molecule has 2 aromatic rings. The molecule has 0 fully saturated rings. The van der Waals surface area contributed by atoms with Gasteiger partial charge in [0.05, 0.1) is 12.7 Å². The molecule has 2 rings (SSSR count). The zero-order chi connectivity index (χ0) is 16.8. The molecule has 1 heterocycles. The van der Waals surface area contributed by atoms with E-state index in [4.69, 9.17) is 5.11 Å².